The molecule has 6 nitrogen and oxygen atoms in total. The fourth-order valence-corrected chi connectivity index (χ4v) is 2.07. The van der Waals surface area contributed by atoms with Gasteiger partial charge >= 0.3 is 5.97 Å². The zero-order valence-corrected chi connectivity index (χ0v) is 15.9. The van der Waals surface area contributed by atoms with Crippen molar-refractivity contribution in [2.75, 3.05) is 46.2 Å². The lowest BCUT2D eigenvalue weighted by Gasteiger charge is -2.19. The van der Waals surface area contributed by atoms with Crippen molar-refractivity contribution in [1.29, 1.82) is 0 Å². The van der Waals surface area contributed by atoms with Crippen LogP contribution < -0.4 is 0 Å². The summed E-state index contributed by atoms with van der Waals surface area (Å²) in [5.74, 6) is -0.363. The van der Waals surface area contributed by atoms with Crippen molar-refractivity contribution in [1.82, 2.24) is 0 Å². The Morgan fingerprint density at radius 2 is 1.27 bits per heavy atom. The minimum Gasteiger partial charge on any atom is -0.458 e. The summed E-state index contributed by atoms with van der Waals surface area (Å²) in [5, 5.41) is 0. The summed E-state index contributed by atoms with van der Waals surface area (Å²) in [5.41, 5.74) is -0.479. The zero-order chi connectivity index (χ0) is 17.1. The maximum Gasteiger partial charge on any atom is 0.332 e. The van der Waals surface area contributed by atoms with Crippen LogP contribution in [0.25, 0.3) is 0 Å². The van der Waals surface area contributed by atoms with E-state index in [9.17, 15) is 4.79 Å². The van der Waals surface area contributed by atoms with Crippen molar-refractivity contribution >= 4 is 14.3 Å². The highest BCUT2D eigenvalue weighted by Gasteiger charge is 2.16. The summed E-state index contributed by atoms with van der Waals surface area (Å²) >= 11 is 0. The van der Waals surface area contributed by atoms with E-state index in [1.54, 1.807) is 0 Å². The number of hydrogen-bond donors (Lipinski definition) is 0. The fourth-order valence-electron chi connectivity index (χ4n) is 1.37. The molecule has 0 atom stereocenters. The lowest BCUT2D eigenvalue weighted by atomic mass is 10.2. The Morgan fingerprint density at radius 1 is 0.818 bits per heavy atom. The van der Waals surface area contributed by atoms with Gasteiger partial charge in [-0.1, -0.05) is 0 Å². The number of rotatable bonds is 12. The molecule has 22 heavy (non-hydrogen) atoms. The molecule has 7 heteroatoms. The van der Waals surface area contributed by atoms with E-state index < -0.39 is 13.9 Å². The Hall–Kier alpha value is -0.473. The first kappa shape index (κ1) is 21.5. The third-order valence-corrected chi connectivity index (χ3v) is 3.22. The molecule has 0 N–H and O–H groups in total. The van der Waals surface area contributed by atoms with E-state index >= 15 is 0 Å². The second-order valence-corrected chi connectivity index (χ2v) is 11.3. The van der Waals surface area contributed by atoms with Crippen molar-refractivity contribution in [3.63, 3.8) is 0 Å². The molecule has 0 rings (SSSR count). The van der Waals surface area contributed by atoms with Gasteiger partial charge in [0.05, 0.1) is 39.6 Å². The van der Waals surface area contributed by atoms with Gasteiger partial charge in [-0.15, -0.1) is 0 Å². The molecule has 0 aliphatic heterocycles. The Bertz CT molecular complexity index is 295. The predicted octanol–water partition coefficient (Wildman–Crippen LogP) is 2.23. The van der Waals surface area contributed by atoms with E-state index in [1.807, 2.05) is 20.8 Å². The van der Waals surface area contributed by atoms with Crippen LogP contribution in [0.1, 0.15) is 20.8 Å². The summed E-state index contributed by atoms with van der Waals surface area (Å²) in [4.78, 5) is 11.3. The van der Waals surface area contributed by atoms with Crippen LogP contribution in [0.5, 0.6) is 0 Å². The number of hydrogen-bond acceptors (Lipinski definition) is 6. The maximum absolute atomic E-state index is 11.3. The second-order valence-electron chi connectivity index (χ2n) is 6.82. The van der Waals surface area contributed by atoms with Gasteiger partial charge in [-0.2, -0.15) is 0 Å². The van der Waals surface area contributed by atoms with Crippen molar-refractivity contribution in [3.05, 3.63) is 0 Å². The first-order valence-electron chi connectivity index (χ1n) is 7.69. The standard InChI is InChI=1S/C15H32O6Si/c1-15(2,3)21-14(16)13-19-10-9-17-7-8-18-11-12-20-22(4,5)6/h7-13H2,1-6H3. The minimum atomic E-state index is -1.44. The molecule has 0 aromatic heterocycles. The van der Waals surface area contributed by atoms with Gasteiger partial charge in [0, 0.05) is 0 Å². The summed E-state index contributed by atoms with van der Waals surface area (Å²) in [7, 11) is -1.44. The molecular weight excluding hydrogens is 304 g/mol. The molecule has 0 aromatic rings. The molecule has 0 amide bonds. The van der Waals surface area contributed by atoms with Gasteiger partial charge in [-0.25, -0.2) is 4.79 Å². The number of carbonyl (C=O) groups excluding carboxylic acids is 1. The van der Waals surface area contributed by atoms with Crippen LogP contribution in [-0.2, 0) is 28.2 Å². The summed E-state index contributed by atoms with van der Waals surface area (Å²) in [6.07, 6.45) is 0. The number of ether oxygens (including phenoxy) is 4. The van der Waals surface area contributed by atoms with Crippen LogP contribution in [0.2, 0.25) is 19.6 Å². The lowest BCUT2D eigenvalue weighted by Crippen LogP contribution is -2.27. The highest BCUT2D eigenvalue weighted by atomic mass is 28.4. The normalized spacial score (nSPS) is 12.5. The number of carbonyl (C=O) groups is 1. The lowest BCUT2D eigenvalue weighted by molar-refractivity contribution is -0.160. The van der Waals surface area contributed by atoms with E-state index in [-0.39, 0.29) is 12.6 Å². The van der Waals surface area contributed by atoms with E-state index in [0.717, 1.165) is 0 Å². The fraction of sp³-hybridized carbons (Fsp3) is 0.933. The largest absolute Gasteiger partial charge is 0.458 e. The first-order chi connectivity index (χ1) is 10.1. The highest BCUT2D eigenvalue weighted by molar-refractivity contribution is 6.69. The van der Waals surface area contributed by atoms with Crippen LogP contribution in [-0.4, -0.2) is 66.1 Å². The molecule has 132 valence electrons. The number of esters is 1. The van der Waals surface area contributed by atoms with Crippen LogP contribution in [0.3, 0.4) is 0 Å². The molecule has 0 heterocycles. The zero-order valence-electron chi connectivity index (χ0n) is 14.9. The summed E-state index contributed by atoms with van der Waals surface area (Å²) in [6, 6.07) is 0. The monoisotopic (exact) mass is 336 g/mol. The molecule has 0 aliphatic carbocycles. The van der Waals surface area contributed by atoms with Gasteiger partial charge in [-0.05, 0) is 40.4 Å². The van der Waals surface area contributed by atoms with Crippen LogP contribution in [0.15, 0.2) is 0 Å². The quantitative estimate of drug-likeness (QED) is 0.309. The molecule has 0 bridgehead atoms. The molecular formula is C15H32O6Si. The maximum atomic E-state index is 11.3. The van der Waals surface area contributed by atoms with E-state index in [1.165, 1.54) is 0 Å². The average molecular weight is 337 g/mol. The summed E-state index contributed by atoms with van der Waals surface area (Å²) < 4.78 is 26.6. The predicted molar refractivity (Wildman–Crippen MR) is 87.6 cm³/mol. The second kappa shape index (κ2) is 11.1. The van der Waals surface area contributed by atoms with Crippen LogP contribution in [0, 0.1) is 0 Å². The smallest absolute Gasteiger partial charge is 0.332 e. The van der Waals surface area contributed by atoms with Crippen LogP contribution >= 0.6 is 0 Å². The van der Waals surface area contributed by atoms with Gasteiger partial charge < -0.3 is 23.4 Å². The van der Waals surface area contributed by atoms with Crippen molar-refractivity contribution in [2.45, 2.75) is 46.0 Å². The minimum absolute atomic E-state index is 0.0504. The van der Waals surface area contributed by atoms with E-state index in [0.29, 0.717) is 39.6 Å². The van der Waals surface area contributed by atoms with Crippen molar-refractivity contribution < 1.29 is 28.2 Å². The molecule has 0 radical (unpaired) electrons. The van der Waals surface area contributed by atoms with Crippen molar-refractivity contribution in [2.24, 2.45) is 0 Å². The highest BCUT2D eigenvalue weighted by Crippen LogP contribution is 2.06. The third-order valence-electron chi connectivity index (χ3n) is 2.15. The third kappa shape index (κ3) is 17.6. The molecule has 0 aromatic carbocycles. The first-order valence-corrected chi connectivity index (χ1v) is 11.1. The van der Waals surface area contributed by atoms with Crippen molar-refractivity contribution in [3.8, 4) is 0 Å². The molecule has 0 fully saturated rings. The van der Waals surface area contributed by atoms with Gasteiger partial charge in [0.2, 0.25) is 0 Å². The molecule has 0 saturated heterocycles. The van der Waals surface area contributed by atoms with Gasteiger partial charge in [0.25, 0.3) is 0 Å². The molecule has 0 spiro atoms. The van der Waals surface area contributed by atoms with E-state index in [4.69, 9.17) is 23.4 Å². The Morgan fingerprint density at radius 3 is 1.73 bits per heavy atom. The Balaban J connectivity index is 3.26. The summed E-state index contributed by atoms with van der Waals surface area (Å²) in [6.45, 7) is 14.9. The average Bonchev–Trinajstić information content (AvgIpc) is 2.32. The van der Waals surface area contributed by atoms with E-state index in [2.05, 4.69) is 19.6 Å². The van der Waals surface area contributed by atoms with Gasteiger partial charge in [0.1, 0.15) is 12.2 Å². The topological polar surface area (TPSA) is 63.2 Å². The Kier molecular flexibility index (Phi) is 10.9. The Labute approximate surface area is 135 Å². The molecule has 0 saturated carbocycles. The molecule has 0 unspecified atom stereocenters. The van der Waals surface area contributed by atoms with Crippen LogP contribution in [0.4, 0.5) is 0 Å². The van der Waals surface area contributed by atoms with Gasteiger partial charge in [0.15, 0.2) is 8.32 Å². The molecule has 0 aliphatic rings. The SMILES string of the molecule is CC(C)(C)OC(=O)COCCOCCOCCO[Si](C)(C)C. The van der Waals surface area contributed by atoms with Gasteiger partial charge in [-0.3, -0.25) is 0 Å².